The van der Waals surface area contributed by atoms with Crippen molar-refractivity contribution < 1.29 is 4.74 Å². The molecule has 108 valence electrons. The van der Waals surface area contributed by atoms with E-state index in [9.17, 15) is 0 Å². The fraction of sp³-hybridized carbons (Fsp3) is 1.00. The number of hydrogen-bond donors (Lipinski definition) is 1. The summed E-state index contributed by atoms with van der Waals surface area (Å²) in [6.45, 7) is 10.7. The SMILES string of the molecule is CCC(CN)(COC)N1CCCC(C(C)C)CC1. The van der Waals surface area contributed by atoms with E-state index in [1.807, 2.05) is 0 Å². The van der Waals surface area contributed by atoms with Crippen molar-refractivity contribution >= 4 is 0 Å². The summed E-state index contributed by atoms with van der Waals surface area (Å²) in [4.78, 5) is 2.60. The number of nitrogens with zero attached hydrogens (tertiary/aromatic N) is 1. The molecule has 1 aliphatic rings. The lowest BCUT2D eigenvalue weighted by Crippen LogP contribution is -2.56. The molecule has 3 heteroatoms. The molecule has 0 aromatic carbocycles. The molecule has 1 aliphatic heterocycles. The first kappa shape index (κ1) is 15.9. The van der Waals surface area contributed by atoms with Crippen LogP contribution in [0.15, 0.2) is 0 Å². The second-order valence-electron chi connectivity index (χ2n) is 6.14. The minimum Gasteiger partial charge on any atom is -0.383 e. The molecule has 0 amide bonds. The van der Waals surface area contributed by atoms with E-state index in [-0.39, 0.29) is 5.54 Å². The molecule has 2 unspecified atom stereocenters. The molecule has 1 saturated heterocycles. The van der Waals surface area contributed by atoms with Crippen LogP contribution in [-0.4, -0.2) is 43.8 Å². The van der Waals surface area contributed by atoms with E-state index in [4.69, 9.17) is 10.5 Å². The third-order valence-corrected chi connectivity index (χ3v) is 4.84. The van der Waals surface area contributed by atoms with Crippen LogP contribution < -0.4 is 5.73 Å². The molecule has 0 spiro atoms. The van der Waals surface area contributed by atoms with Gasteiger partial charge in [-0.2, -0.15) is 0 Å². The number of likely N-dealkylation sites (tertiary alicyclic amines) is 1. The molecule has 2 N–H and O–H groups in total. The van der Waals surface area contributed by atoms with Crippen LogP contribution in [0.2, 0.25) is 0 Å². The topological polar surface area (TPSA) is 38.5 Å². The summed E-state index contributed by atoms with van der Waals surface area (Å²) in [7, 11) is 1.79. The molecule has 0 aliphatic carbocycles. The van der Waals surface area contributed by atoms with E-state index in [2.05, 4.69) is 25.7 Å². The summed E-state index contributed by atoms with van der Waals surface area (Å²) in [6, 6.07) is 0. The number of nitrogens with two attached hydrogens (primary N) is 1. The Morgan fingerprint density at radius 3 is 2.56 bits per heavy atom. The Labute approximate surface area is 113 Å². The quantitative estimate of drug-likeness (QED) is 0.793. The lowest BCUT2D eigenvalue weighted by Gasteiger charge is -2.42. The molecule has 1 fully saturated rings. The second kappa shape index (κ2) is 7.46. The van der Waals surface area contributed by atoms with Crippen LogP contribution in [0.25, 0.3) is 0 Å². The van der Waals surface area contributed by atoms with Crippen molar-refractivity contribution in [3.8, 4) is 0 Å². The Morgan fingerprint density at radius 2 is 2.06 bits per heavy atom. The third-order valence-electron chi connectivity index (χ3n) is 4.84. The van der Waals surface area contributed by atoms with Crippen molar-refractivity contribution in [2.24, 2.45) is 17.6 Å². The van der Waals surface area contributed by atoms with Gasteiger partial charge in [-0.1, -0.05) is 20.8 Å². The first-order valence-electron chi connectivity index (χ1n) is 7.53. The van der Waals surface area contributed by atoms with Gasteiger partial charge in [-0.3, -0.25) is 4.90 Å². The van der Waals surface area contributed by atoms with E-state index < -0.39 is 0 Å². The lowest BCUT2D eigenvalue weighted by atomic mass is 9.89. The predicted molar refractivity (Wildman–Crippen MR) is 77.7 cm³/mol. The molecular weight excluding hydrogens is 224 g/mol. The van der Waals surface area contributed by atoms with Crippen LogP contribution in [0.3, 0.4) is 0 Å². The number of ether oxygens (including phenoxy) is 1. The fourth-order valence-corrected chi connectivity index (χ4v) is 3.28. The number of methoxy groups -OCH3 is 1. The number of rotatable bonds is 6. The summed E-state index contributed by atoms with van der Waals surface area (Å²) in [6.07, 6.45) is 5.05. The summed E-state index contributed by atoms with van der Waals surface area (Å²) >= 11 is 0. The highest BCUT2D eigenvalue weighted by Crippen LogP contribution is 2.29. The molecule has 0 bridgehead atoms. The van der Waals surface area contributed by atoms with Crippen molar-refractivity contribution in [3.63, 3.8) is 0 Å². The van der Waals surface area contributed by atoms with E-state index in [0.717, 1.165) is 24.9 Å². The highest BCUT2D eigenvalue weighted by atomic mass is 16.5. The fourth-order valence-electron chi connectivity index (χ4n) is 3.28. The molecule has 0 aromatic rings. The maximum Gasteiger partial charge on any atom is 0.0658 e. The van der Waals surface area contributed by atoms with Gasteiger partial charge >= 0.3 is 0 Å². The summed E-state index contributed by atoms with van der Waals surface area (Å²) in [5, 5.41) is 0. The van der Waals surface area contributed by atoms with Crippen LogP contribution in [0.5, 0.6) is 0 Å². The Morgan fingerprint density at radius 1 is 1.33 bits per heavy atom. The molecule has 0 aromatic heterocycles. The van der Waals surface area contributed by atoms with Crippen molar-refractivity contribution in [2.45, 2.75) is 52.0 Å². The van der Waals surface area contributed by atoms with Crippen LogP contribution in [0.1, 0.15) is 46.5 Å². The highest BCUT2D eigenvalue weighted by molar-refractivity contribution is 4.92. The van der Waals surface area contributed by atoms with Crippen molar-refractivity contribution in [1.29, 1.82) is 0 Å². The average Bonchev–Trinajstić information content (AvgIpc) is 2.62. The molecule has 3 nitrogen and oxygen atoms in total. The predicted octanol–water partition coefficient (Wildman–Crippen LogP) is 2.50. The van der Waals surface area contributed by atoms with Gasteiger partial charge in [0.2, 0.25) is 0 Å². The van der Waals surface area contributed by atoms with Crippen LogP contribution in [0.4, 0.5) is 0 Å². The zero-order valence-corrected chi connectivity index (χ0v) is 12.7. The maximum absolute atomic E-state index is 6.06. The first-order valence-corrected chi connectivity index (χ1v) is 7.53. The Bertz CT molecular complexity index is 227. The van der Waals surface area contributed by atoms with Gasteiger partial charge < -0.3 is 10.5 Å². The maximum atomic E-state index is 6.06. The Balaban J connectivity index is 2.69. The van der Waals surface area contributed by atoms with Crippen LogP contribution in [0, 0.1) is 11.8 Å². The van der Waals surface area contributed by atoms with Crippen molar-refractivity contribution in [2.75, 3.05) is 33.4 Å². The minimum atomic E-state index is 0.0562. The number of hydrogen-bond acceptors (Lipinski definition) is 3. The zero-order chi connectivity index (χ0) is 13.6. The van der Waals surface area contributed by atoms with Gasteiger partial charge in [0.05, 0.1) is 12.1 Å². The highest BCUT2D eigenvalue weighted by Gasteiger charge is 2.35. The van der Waals surface area contributed by atoms with Gasteiger partial charge in [0.1, 0.15) is 0 Å². The molecule has 1 heterocycles. The van der Waals surface area contributed by atoms with Crippen molar-refractivity contribution in [3.05, 3.63) is 0 Å². The second-order valence-corrected chi connectivity index (χ2v) is 6.14. The van der Waals surface area contributed by atoms with Gasteiger partial charge in [-0.15, -0.1) is 0 Å². The van der Waals surface area contributed by atoms with E-state index in [0.29, 0.717) is 6.54 Å². The average molecular weight is 256 g/mol. The van der Waals surface area contributed by atoms with E-state index in [1.54, 1.807) is 7.11 Å². The van der Waals surface area contributed by atoms with Gasteiger partial charge in [-0.25, -0.2) is 0 Å². The third kappa shape index (κ3) is 3.69. The first-order chi connectivity index (χ1) is 8.59. The van der Waals surface area contributed by atoms with Gasteiger partial charge in [0, 0.05) is 13.7 Å². The standard InChI is InChI=1S/C15H32N2O/c1-5-15(11-16,12-18-4)17-9-6-7-14(8-10-17)13(2)3/h13-14H,5-12,16H2,1-4H3. The Kier molecular flexibility index (Phi) is 6.61. The van der Waals surface area contributed by atoms with E-state index >= 15 is 0 Å². The molecule has 1 rings (SSSR count). The lowest BCUT2D eigenvalue weighted by molar-refractivity contribution is 0.0128. The smallest absolute Gasteiger partial charge is 0.0658 e. The van der Waals surface area contributed by atoms with Crippen LogP contribution in [-0.2, 0) is 4.74 Å². The molecular formula is C15H32N2O. The Hall–Kier alpha value is -0.120. The summed E-state index contributed by atoms with van der Waals surface area (Å²) in [5.41, 5.74) is 6.12. The molecule has 0 saturated carbocycles. The molecule has 0 radical (unpaired) electrons. The minimum absolute atomic E-state index is 0.0562. The normalized spacial score (nSPS) is 26.0. The molecule has 18 heavy (non-hydrogen) atoms. The summed E-state index contributed by atoms with van der Waals surface area (Å²) in [5.74, 6) is 1.69. The van der Waals surface area contributed by atoms with Gasteiger partial charge in [0.25, 0.3) is 0 Å². The summed E-state index contributed by atoms with van der Waals surface area (Å²) < 4.78 is 5.44. The monoisotopic (exact) mass is 256 g/mol. The van der Waals surface area contributed by atoms with Crippen LogP contribution >= 0.6 is 0 Å². The van der Waals surface area contributed by atoms with Gasteiger partial charge in [0.15, 0.2) is 0 Å². The van der Waals surface area contributed by atoms with Gasteiger partial charge in [-0.05, 0) is 50.6 Å². The van der Waals surface area contributed by atoms with E-state index in [1.165, 1.54) is 32.4 Å². The largest absolute Gasteiger partial charge is 0.383 e. The molecule has 2 atom stereocenters. The van der Waals surface area contributed by atoms with Crippen molar-refractivity contribution in [1.82, 2.24) is 4.90 Å². The zero-order valence-electron chi connectivity index (χ0n) is 12.7.